The minimum Gasteiger partial charge on any atom is -0.348 e. The summed E-state index contributed by atoms with van der Waals surface area (Å²) in [5, 5.41) is 2.96. The second-order valence-corrected chi connectivity index (χ2v) is 4.36. The van der Waals surface area contributed by atoms with Crippen LogP contribution >= 0.6 is 0 Å². The fourth-order valence-corrected chi connectivity index (χ4v) is 2.02. The van der Waals surface area contributed by atoms with Crippen LogP contribution in [-0.2, 0) is 0 Å². The lowest BCUT2D eigenvalue weighted by Crippen LogP contribution is -2.43. The molecule has 1 heterocycles. The van der Waals surface area contributed by atoms with Crippen molar-refractivity contribution < 1.29 is 4.79 Å². The van der Waals surface area contributed by atoms with Crippen molar-refractivity contribution in [2.75, 3.05) is 0 Å². The monoisotopic (exact) mass is 219 g/mol. The SMILES string of the molecule is Cc1ccc(C(=O)NC2CCCC2N)cn1. The van der Waals surface area contributed by atoms with Gasteiger partial charge in [-0.15, -0.1) is 0 Å². The average Bonchev–Trinajstić information content (AvgIpc) is 2.65. The normalized spacial score (nSPS) is 24.4. The van der Waals surface area contributed by atoms with Gasteiger partial charge in [-0.2, -0.15) is 0 Å². The summed E-state index contributed by atoms with van der Waals surface area (Å²) in [6, 6.07) is 3.85. The Balaban J connectivity index is 2.00. The minimum absolute atomic E-state index is 0.0742. The molecule has 0 aromatic carbocycles. The largest absolute Gasteiger partial charge is 0.348 e. The first-order valence-corrected chi connectivity index (χ1v) is 5.66. The number of hydrogen-bond donors (Lipinski definition) is 2. The highest BCUT2D eigenvalue weighted by atomic mass is 16.1. The van der Waals surface area contributed by atoms with Gasteiger partial charge in [0.25, 0.3) is 5.91 Å². The molecule has 3 N–H and O–H groups in total. The van der Waals surface area contributed by atoms with E-state index in [9.17, 15) is 4.79 Å². The molecule has 4 heteroatoms. The van der Waals surface area contributed by atoms with E-state index in [-0.39, 0.29) is 18.0 Å². The van der Waals surface area contributed by atoms with E-state index >= 15 is 0 Å². The van der Waals surface area contributed by atoms with Gasteiger partial charge in [0.15, 0.2) is 0 Å². The molecular weight excluding hydrogens is 202 g/mol. The molecule has 0 bridgehead atoms. The maximum Gasteiger partial charge on any atom is 0.253 e. The molecule has 1 aliphatic carbocycles. The molecule has 1 fully saturated rings. The molecule has 86 valence electrons. The number of nitrogens with one attached hydrogen (secondary N) is 1. The number of rotatable bonds is 2. The summed E-state index contributed by atoms with van der Waals surface area (Å²) in [6.07, 6.45) is 4.67. The van der Waals surface area contributed by atoms with Crippen molar-refractivity contribution >= 4 is 5.91 Å². The van der Waals surface area contributed by atoms with E-state index in [1.54, 1.807) is 12.3 Å². The predicted molar refractivity (Wildman–Crippen MR) is 62.1 cm³/mol. The molecule has 0 spiro atoms. The van der Waals surface area contributed by atoms with Crippen LogP contribution in [0, 0.1) is 6.92 Å². The summed E-state index contributed by atoms with van der Waals surface area (Å²) in [5.74, 6) is -0.0742. The third kappa shape index (κ3) is 2.39. The van der Waals surface area contributed by atoms with E-state index in [0.717, 1.165) is 25.0 Å². The van der Waals surface area contributed by atoms with Crippen LogP contribution in [0.3, 0.4) is 0 Å². The molecule has 1 amide bonds. The standard InChI is InChI=1S/C12H17N3O/c1-8-5-6-9(7-14-8)12(16)15-11-4-2-3-10(11)13/h5-7,10-11H,2-4,13H2,1H3,(H,15,16). The molecule has 16 heavy (non-hydrogen) atoms. The predicted octanol–water partition coefficient (Wildman–Crippen LogP) is 1.000. The fourth-order valence-electron chi connectivity index (χ4n) is 2.02. The molecule has 1 aromatic rings. The summed E-state index contributed by atoms with van der Waals surface area (Å²) in [6.45, 7) is 1.90. The first kappa shape index (κ1) is 11.1. The van der Waals surface area contributed by atoms with Crippen molar-refractivity contribution in [1.82, 2.24) is 10.3 Å². The second-order valence-electron chi connectivity index (χ2n) is 4.36. The van der Waals surface area contributed by atoms with E-state index in [2.05, 4.69) is 10.3 Å². The molecule has 4 nitrogen and oxygen atoms in total. The summed E-state index contributed by atoms with van der Waals surface area (Å²) in [7, 11) is 0. The van der Waals surface area contributed by atoms with Gasteiger partial charge in [0.2, 0.25) is 0 Å². The van der Waals surface area contributed by atoms with E-state index < -0.39 is 0 Å². The molecule has 0 radical (unpaired) electrons. The van der Waals surface area contributed by atoms with Crippen LogP contribution < -0.4 is 11.1 Å². The number of nitrogens with zero attached hydrogens (tertiary/aromatic N) is 1. The van der Waals surface area contributed by atoms with Gasteiger partial charge >= 0.3 is 0 Å². The number of pyridine rings is 1. The number of nitrogens with two attached hydrogens (primary N) is 1. The van der Waals surface area contributed by atoms with Crippen LogP contribution in [0.5, 0.6) is 0 Å². The summed E-state index contributed by atoms with van der Waals surface area (Å²) >= 11 is 0. The molecule has 0 aliphatic heterocycles. The van der Waals surface area contributed by atoms with Crippen LogP contribution in [0.15, 0.2) is 18.3 Å². The van der Waals surface area contributed by atoms with Gasteiger partial charge < -0.3 is 11.1 Å². The van der Waals surface area contributed by atoms with Crippen molar-refractivity contribution in [1.29, 1.82) is 0 Å². The average molecular weight is 219 g/mol. The molecule has 1 aliphatic rings. The number of amides is 1. The number of carbonyl (C=O) groups is 1. The Bertz CT molecular complexity index is 374. The molecule has 1 saturated carbocycles. The van der Waals surface area contributed by atoms with E-state index in [4.69, 9.17) is 5.73 Å². The molecule has 0 saturated heterocycles. The first-order valence-electron chi connectivity index (χ1n) is 5.66. The summed E-state index contributed by atoms with van der Waals surface area (Å²) < 4.78 is 0. The fraction of sp³-hybridized carbons (Fsp3) is 0.500. The van der Waals surface area contributed by atoms with Crippen molar-refractivity contribution in [3.05, 3.63) is 29.6 Å². The van der Waals surface area contributed by atoms with Gasteiger partial charge in [-0.25, -0.2) is 0 Å². The lowest BCUT2D eigenvalue weighted by Gasteiger charge is -2.17. The van der Waals surface area contributed by atoms with Gasteiger partial charge in [0, 0.05) is 24.0 Å². The Kier molecular flexibility index (Phi) is 3.19. The van der Waals surface area contributed by atoms with Crippen LogP contribution in [0.4, 0.5) is 0 Å². The lowest BCUT2D eigenvalue weighted by molar-refractivity contribution is 0.0934. The third-order valence-electron chi connectivity index (χ3n) is 3.06. The van der Waals surface area contributed by atoms with Crippen molar-refractivity contribution in [2.45, 2.75) is 38.3 Å². The summed E-state index contributed by atoms with van der Waals surface area (Å²) in [4.78, 5) is 16.0. The van der Waals surface area contributed by atoms with E-state index in [0.29, 0.717) is 5.56 Å². The maximum absolute atomic E-state index is 11.9. The van der Waals surface area contributed by atoms with Crippen LogP contribution in [0.25, 0.3) is 0 Å². The van der Waals surface area contributed by atoms with Gasteiger partial charge in [0.1, 0.15) is 0 Å². The van der Waals surface area contributed by atoms with Gasteiger partial charge in [-0.1, -0.05) is 0 Å². The highest BCUT2D eigenvalue weighted by Crippen LogP contribution is 2.17. The smallest absolute Gasteiger partial charge is 0.253 e. The Labute approximate surface area is 95.3 Å². The zero-order chi connectivity index (χ0) is 11.5. The van der Waals surface area contributed by atoms with Crippen molar-refractivity contribution in [3.63, 3.8) is 0 Å². The summed E-state index contributed by atoms with van der Waals surface area (Å²) in [5.41, 5.74) is 7.41. The Morgan fingerprint density at radius 1 is 1.50 bits per heavy atom. The molecule has 2 rings (SSSR count). The molecule has 1 aromatic heterocycles. The highest BCUT2D eigenvalue weighted by Gasteiger charge is 2.25. The third-order valence-corrected chi connectivity index (χ3v) is 3.06. The maximum atomic E-state index is 11.9. The van der Waals surface area contributed by atoms with Crippen molar-refractivity contribution in [3.8, 4) is 0 Å². The van der Waals surface area contributed by atoms with Crippen molar-refractivity contribution in [2.24, 2.45) is 5.73 Å². The number of hydrogen-bond acceptors (Lipinski definition) is 3. The van der Waals surface area contributed by atoms with Gasteiger partial charge in [0.05, 0.1) is 5.56 Å². The molecular formula is C12H17N3O. The number of carbonyl (C=O) groups excluding carboxylic acids is 1. The zero-order valence-corrected chi connectivity index (χ0v) is 9.44. The van der Waals surface area contributed by atoms with Gasteiger partial charge in [-0.05, 0) is 38.3 Å². The zero-order valence-electron chi connectivity index (χ0n) is 9.44. The van der Waals surface area contributed by atoms with E-state index in [1.807, 2.05) is 13.0 Å². The number of aromatic nitrogens is 1. The highest BCUT2D eigenvalue weighted by molar-refractivity contribution is 5.94. The lowest BCUT2D eigenvalue weighted by atomic mass is 10.1. The Morgan fingerprint density at radius 2 is 2.31 bits per heavy atom. The van der Waals surface area contributed by atoms with E-state index in [1.165, 1.54) is 0 Å². The van der Waals surface area contributed by atoms with Crippen LogP contribution in [0.2, 0.25) is 0 Å². The Morgan fingerprint density at radius 3 is 2.88 bits per heavy atom. The minimum atomic E-state index is -0.0742. The van der Waals surface area contributed by atoms with Crippen LogP contribution in [-0.4, -0.2) is 23.0 Å². The van der Waals surface area contributed by atoms with Gasteiger partial charge in [-0.3, -0.25) is 9.78 Å². The first-order chi connectivity index (χ1) is 7.66. The molecule has 2 atom stereocenters. The topological polar surface area (TPSA) is 68.0 Å². The molecule has 2 unspecified atom stereocenters. The second kappa shape index (κ2) is 4.61. The van der Waals surface area contributed by atoms with Crippen LogP contribution in [0.1, 0.15) is 35.3 Å². The number of aryl methyl sites for hydroxylation is 1. The quantitative estimate of drug-likeness (QED) is 0.779. The Hall–Kier alpha value is -1.42.